The SMILES string of the molecule is Cc1nc(CNC(=O)CN(C)C(N)=O)sc1C. The van der Waals surface area contributed by atoms with Gasteiger partial charge in [0.1, 0.15) is 11.6 Å². The Hall–Kier alpha value is -1.63. The molecule has 3 amide bonds. The third-order valence-electron chi connectivity index (χ3n) is 2.27. The van der Waals surface area contributed by atoms with Gasteiger partial charge in [-0.2, -0.15) is 0 Å². The summed E-state index contributed by atoms with van der Waals surface area (Å²) in [7, 11) is 1.47. The van der Waals surface area contributed by atoms with E-state index in [1.54, 1.807) is 11.3 Å². The van der Waals surface area contributed by atoms with E-state index < -0.39 is 6.03 Å². The van der Waals surface area contributed by atoms with Gasteiger partial charge in [-0.25, -0.2) is 9.78 Å². The average molecular weight is 256 g/mol. The van der Waals surface area contributed by atoms with Crippen LogP contribution < -0.4 is 11.1 Å². The molecule has 0 saturated heterocycles. The molecule has 0 radical (unpaired) electrons. The fraction of sp³-hybridized carbons (Fsp3) is 0.500. The van der Waals surface area contributed by atoms with Crippen LogP contribution in [0.15, 0.2) is 0 Å². The highest BCUT2D eigenvalue weighted by molar-refractivity contribution is 7.11. The molecule has 1 rings (SSSR count). The Labute approximate surface area is 104 Å². The first-order chi connectivity index (χ1) is 7.90. The first-order valence-electron chi connectivity index (χ1n) is 5.10. The van der Waals surface area contributed by atoms with E-state index in [-0.39, 0.29) is 12.5 Å². The van der Waals surface area contributed by atoms with E-state index in [9.17, 15) is 9.59 Å². The van der Waals surface area contributed by atoms with Gasteiger partial charge in [0.05, 0.1) is 12.2 Å². The van der Waals surface area contributed by atoms with Gasteiger partial charge in [0.25, 0.3) is 0 Å². The number of thiazole rings is 1. The van der Waals surface area contributed by atoms with Crippen LogP contribution in [0, 0.1) is 13.8 Å². The van der Waals surface area contributed by atoms with Gasteiger partial charge in [0.2, 0.25) is 5.91 Å². The first kappa shape index (κ1) is 13.4. The molecule has 0 fully saturated rings. The molecular weight excluding hydrogens is 240 g/mol. The number of hydrogen-bond acceptors (Lipinski definition) is 4. The molecule has 0 atom stereocenters. The lowest BCUT2D eigenvalue weighted by atomic mass is 10.4. The van der Waals surface area contributed by atoms with Gasteiger partial charge in [-0.15, -0.1) is 11.3 Å². The molecule has 0 aromatic carbocycles. The van der Waals surface area contributed by atoms with Crippen LogP contribution >= 0.6 is 11.3 Å². The van der Waals surface area contributed by atoms with Crippen molar-refractivity contribution in [2.75, 3.05) is 13.6 Å². The molecule has 1 aromatic heterocycles. The molecule has 3 N–H and O–H groups in total. The Kier molecular flexibility index (Phi) is 4.45. The topological polar surface area (TPSA) is 88.3 Å². The van der Waals surface area contributed by atoms with Gasteiger partial charge in [-0.1, -0.05) is 0 Å². The summed E-state index contributed by atoms with van der Waals surface area (Å²) in [5, 5.41) is 3.54. The zero-order valence-corrected chi connectivity index (χ0v) is 10.9. The van der Waals surface area contributed by atoms with Gasteiger partial charge >= 0.3 is 6.03 Å². The van der Waals surface area contributed by atoms with Crippen LogP contribution in [0.25, 0.3) is 0 Å². The van der Waals surface area contributed by atoms with E-state index in [1.165, 1.54) is 7.05 Å². The van der Waals surface area contributed by atoms with E-state index in [0.717, 1.165) is 20.5 Å². The number of nitrogens with one attached hydrogen (secondary N) is 1. The standard InChI is InChI=1S/C10H16N4O2S/c1-6-7(2)17-9(13-6)4-12-8(15)5-14(3)10(11)16/h4-5H2,1-3H3,(H2,11,16)(H,12,15). The van der Waals surface area contributed by atoms with Crippen LogP contribution in [0.5, 0.6) is 0 Å². The Morgan fingerprint density at radius 1 is 1.47 bits per heavy atom. The first-order valence-corrected chi connectivity index (χ1v) is 5.92. The average Bonchev–Trinajstić information content (AvgIpc) is 2.55. The number of urea groups is 1. The van der Waals surface area contributed by atoms with Crippen molar-refractivity contribution in [1.82, 2.24) is 15.2 Å². The highest BCUT2D eigenvalue weighted by Gasteiger charge is 2.10. The van der Waals surface area contributed by atoms with Gasteiger partial charge in [0, 0.05) is 11.9 Å². The number of primary amides is 1. The van der Waals surface area contributed by atoms with Crippen molar-refractivity contribution in [2.24, 2.45) is 5.73 Å². The lowest BCUT2D eigenvalue weighted by Gasteiger charge is -2.12. The second-order valence-corrected chi connectivity index (χ2v) is 5.01. The summed E-state index contributed by atoms with van der Waals surface area (Å²) in [6.07, 6.45) is 0. The summed E-state index contributed by atoms with van der Waals surface area (Å²) in [6.45, 7) is 4.25. The number of carbonyl (C=O) groups is 2. The number of rotatable bonds is 4. The number of nitrogens with zero attached hydrogens (tertiary/aromatic N) is 2. The zero-order valence-electron chi connectivity index (χ0n) is 10.1. The lowest BCUT2D eigenvalue weighted by molar-refractivity contribution is -0.121. The maximum absolute atomic E-state index is 11.4. The molecule has 0 aliphatic heterocycles. The molecule has 17 heavy (non-hydrogen) atoms. The minimum Gasteiger partial charge on any atom is -0.351 e. The van der Waals surface area contributed by atoms with Gasteiger partial charge in [-0.3, -0.25) is 4.79 Å². The molecule has 0 aliphatic carbocycles. The fourth-order valence-electron chi connectivity index (χ4n) is 1.14. The van der Waals surface area contributed by atoms with Crippen LogP contribution in [0.3, 0.4) is 0 Å². The zero-order chi connectivity index (χ0) is 13.0. The summed E-state index contributed by atoms with van der Waals surface area (Å²) in [6, 6.07) is -0.624. The van der Waals surface area contributed by atoms with Crippen molar-refractivity contribution in [3.63, 3.8) is 0 Å². The summed E-state index contributed by atoms with van der Waals surface area (Å²) < 4.78 is 0. The predicted octanol–water partition coefficient (Wildman–Crippen LogP) is 0.387. The summed E-state index contributed by atoms with van der Waals surface area (Å²) in [4.78, 5) is 28.7. The Balaban J connectivity index is 2.40. The number of amides is 3. The quantitative estimate of drug-likeness (QED) is 0.816. The predicted molar refractivity (Wildman–Crippen MR) is 65.6 cm³/mol. The number of carbonyl (C=O) groups excluding carboxylic acids is 2. The van der Waals surface area contributed by atoms with Crippen molar-refractivity contribution < 1.29 is 9.59 Å². The molecule has 0 saturated carbocycles. The molecule has 6 nitrogen and oxygen atoms in total. The third kappa shape index (κ3) is 4.03. The van der Waals surface area contributed by atoms with Gasteiger partial charge < -0.3 is 16.0 Å². The second-order valence-electron chi connectivity index (χ2n) is 3.72. The van der Waals surface area contributed by atoms with Gasteiger partial charge in [-0.05, 0) is 13.8 Å². The Morgan fingerprint density at radius 2 is 2.12 bits per heavy atom. The van der Waals surface area contributed by atoms with E-state index in [2.05, 4.69) is 10.3 Å². The summed E-state index contributed by atoms with van der Waals surface area (Å²) in [5.74, 6) is -0.253. The third-order valence-corrected chi connectivity index (χ3v) is 3.34. The van der Waals surface area contributed by atoms with Gasteiger partial charge in [0.15, 0.2) is 0 Å². The monoisotopic (exact) mass is 256 g/mol. The normalized spacial score (nSPS) is 10.1. The summed E-state index contributed by atoms with van der Waals surface area (Å²) in [5.41, 5.74) is 5.99. The van der Waals surface area contributed by atoms with E-state index >= 15 is 0 Å². The minimum absolute atomic E-state index is 0.0430. The van der Waals surface area contributed by atoms with Crippen molar-refractivity contribution in [2.45, 2.75) is 20.4 Å². The van der Waals surface area contributed by atoms with Crippen LogP contribution in [0.1, 0.15) is 15.6 Å². The van der Waals surface area contributed by atoms with Crippen molar-refractivity contribution in [3.8, 4) is 0 Å². The Bertz CT molecular complexity index is 410. The molecule has 94 valence electrons. The highest BCUT2D eigenvalue weighted by atomic mass is 32.1. The largest absolute Gasteiger partial charge is 0.351 e. The maximum atomic E-state index is 11.4. The molecule has 1 aromatic rings. The number of nitrogens with two attached hydrogens (primary N) is 1. The van der Waals surface area contributed by atoms with E-state index in [4.69, 9.17) is 5.73 Å². The molecule has 0 bridgehead atoms. The van der Waals surface area contributed by atoms with Crippen LogP contribution in [-0.4, -0.2) is 35.4 Å². The fourth-order valence-corrected chi connectivity index (χ4v) is 2.01. The number of likely N-dealkylation sites (N-methyl/N-ethyl adjacent to an activating group) is 1. The molecule has 0 spiro atoms. The molecular formula is C10H16N4O2S. The van der Waals surface area contributed by atoms with Crippen molar-refractivity contribution in [3.05, 3.63) is 15.6 Å². The van der Waals surface area contributed by atoms with E-state index in [1.807, 2.05) is 13.8 Å². The number of aromatic nitrogens is 1. The van der Waals surface area contributed by atoms with Crippen molar-refractivity contribution >= 4 is 23.3 Å². The van der Waals surface area contributed by atoms with Crippen molar-refractivity contribution in [1.29, 1.82) is 0 Å². The summed E-state index contributed by atoms with van der Waals surface area (Å²) >= 11 is 1.55. The molecule has 0 unspecified atom stereocenters. The molecule has 1 heterocycles. The van der Waals surface area contributed by atoms with Crippen LogP contribution in [0.2, 0.25) is 0 Å². The lowest BCUT2D eigenvalue weighted by Crippen LogP contribution is -2.40. The Morgan fingerprint density at radius 3 is 2.59 bits per heavy atom. The number of aryl methyl sites for hydroxylation is 2. The van der Waals surface area contributed by atoms with Crippen LogP contribution in [-0.2, 0) is 11.3 Å². The smallest absolute Gasteiger partial charge is 0.314 e. The second kappa shape index (κ2) is 5.62. The van der Waals surface area contributed by atoms with E-state index in [0.29, 0.717) is 6.54 Å². The molecule has 0 aliphatic rings. The highest BCUT2D eigenvalue weighted by Crippen LogP contribution is 2.15. The minimum atomic E-state index is -0.624. The molecule has 7 heteroatoms. The maximum Gasteiger partial charge on any atom is 0.314 e. The van der Waals surface area contributed by atoms with Crippen LogP contribution in [0.4, 0.5) is 4.79 Å². The number of hydrogen-bond donors (Lipinski definition) is 2.